The van der Waals surface area contributed by atoms with Gasteiger partial charge >= 0.3 is 5.97 Å². The highest BCUT2D eigenvalue weighted by atomic mass is 16.5. The van der Waals surface area contributed by atoms with Crippen molar-refractivity contribution in [2.75, 3.05) is 27.4 Å². The quantitative estimate of drug-likeness (QED) is 0.814. The summed E-state index contributed by atoms with van der Waals surface area (Å²) in [5, 5.41) is 8.56. The first kappa shape index (κ1) is 16.0. The molecule has 0 aromatic heterocycles. The lowest BCUT2D eigenvalue weighted by molar-refractivity contribution is -0.139. The van der Waals surface area contributed by atoms with Gasteiger partial charge in [0.15, 0.2) is 6.61 Å². The van der Waals surface area contributed by atoms with Crippen molar-refractivity contribution in [2.24, 2.45) is 0 Å². The first-order valence-corrected chi connectivity index (χ1v) is 6.16. The molecular weight excluding hydrogens is 262 g/mol. The van der Waals surface area contributed by atoms with E-state index in [1.807, 2.05) is 6.92 Å². The SMILES string of the molecule is COCC(C)N(C)C(=O)c1cccc(OCC(=O)O)c1. The number of carboxylic acid groups (broad SMARTS) is 1. The lowest BCUT2D eigenvalue weighted by Crippen LogP contribution is -2.37. The molecule has 6 nitrogen and oxygen atoms in total. The Bertz CT molecular complexity index is 474. The van der Waals surface area contributed by atoms with Crippen LogP contribution in [0.1, 0.15) is 17.3 Å². The molecule has 0 bridgehead atoms. The summed E-state index contributed by atoms with van der Waals surface area (Å²) in [6, 6.07) is 6.39. The van der Waals surface area contributed by atoms with E-state index in [0.717, 1.165) is 0 Å². The van der Waals surface area contributed by atoms with Crippen LogP contribution in [0.15, 0.2) is 24.3 Å². The Morgan fingerprint density at radius 1 is 1.40 bits per heavy atom. The molecule has 1 amide bonds. The molecule has 0 fully saturated rings. The van der Waals surface area contributed by atoms with Gasteiger partial charge in [-0.2, -0.15) is 0 Å². The Kier molecular flexibility index (Phi) is 5.99. The van der Waals surface area contributed by atoms with E-state index < -0.39 is 12.6 Å². The molecule has 1 aromatic carbocycles. The molecule has 0 saturated carbocycles. The van der Waals surface area contributed by atoms with Gasteiger partial charge in [-0.15, -0.1) is 0 Å². The zero-order valence-corrected chi connectivity index (χ0v) is 11.8. The van der Waals surface area contributed by atoms with Crippen molar-refractivity contribution in [3.63, 3.8) is 0 Å². The van der Waals surface area contributed by atoms with E-state index in [4.69, 9.17) is 14.6 Å². The van der Waals surface area contributed by atoms with Crippen LogP contribution in [0.5, 0.6) is 5.75 Å². The Balaban J connectivity index is 2.77. The zero-order valence-electron chi connectivity index (χ0n) is 11.8. The number of hydrogen-bond acceptors (Lipinski definition) is 4. The van der Waals surface area contributed by atoms with Crippen LogP contribution < -0.4 is 4.74 Å². The molecule has 0 aliphatic heterocycles. The number of carboxylic acids is 1. The number of rotatable bonds is 7. The fraction of sp³-hybridized carbons (Fsp3) is 0.429. The maximum atomic E-state index is 12.2. The molecule has 6 heteroatoms. The second kappa shape index (κ2) is 7.49. The van der Waals surface area contributed by atoms with Crippen LogP contribution in [-0.4, -0.2) is 55.3 Å². The van der Waals surface area contributed by atoms with Gasteiger partial charge in [-0.1, -0.05) is 6.07 Å². The zero-order chi connectivity index (χ0) is 15.1. The van der Waals surface area contributed by atoms with Crippen LogP contribution >= 0.6 is 0 Å². The molecule has 1 N–H and O–H groups in total. The average Bonchev–Trinajstić information content (AvgIpc) is 2.44. The number of methoxy groups -OCH3 is 1. The molecule has 0 heterocycles. The number of carbonyl (C=O) groups is 2. The van der Waals surface area contributed by atoms with Crippen molar-refractivity contribution in [3.8, 4) is 5.75 Å². The van der Waals surface area contributed by atoms with E-state index >= 15 is 0 Å². The normalized spacial score (nSPS) is 11.8. The third kappa shape index (κ3) is 4.55. The second-order valence-electron chi connectivity index (χ2n) is 4.43. The summed E-state index contributed by atoms with van der Waals surface area (Å²) in [6.45, 7) is 1.89. The predicted molar refractivity (Wildman–Crippen MR) is 73.0 cm³/mol. The van der Waals surface area contributed by atoms with Crippen molar-refractivity contribution in [1.29, 1.82) is 0 Å². The molecule has 20 heavy (non-hydrogen) atoms. The van der Waals surface area contributed by atoms with Gasteiger partial charge in [-0.05, 0) is 25.1 Å². The van der Waals surface area contributed by atoms with Gasteiger partial charge in [0.1, 0.15) is 5.75 Å². The van der Waals surface area contributed by atoms with Crippen molar-refractivity contribution in [3.05, 3.63) is 29.8 Å². The van der Waals surface area contributed by atoms with E-state index in [0.29, 0.717) is 17.9 Å². The second-order valence-corrected chi connectivity index (χ2v) is 4.43. The summed E-state index contributed by atoms with van der Waals surface area (Å²) in [4.78, 5) is 24.3. The lowest BCUT2D eigenvalue weighted by atomic mass is 10.1. The van der Waals surface area contributed by atoms with E-state index in [1.165, 1.54) is 6.07 Å². The monoisotopic (exact) mass is 281 g/mol. The molecule has 0 saturated heterocycles. The van der Waals surface area contributed by atoms with Crippen molar-refractivity contribution >= 4 is 11.9 Å². The number of benzene rings is 1. The first-order chi connectivity index (χ1) is 9.45. The molecule has 0 aliphatic carbocycles. The molecule has 0 radical (unpaired) electrons. The molecule has 110 valence electrons. The molecule has 1 rings (SSSR count). The minimum Gasteiger partial charge on any atom is -0.482 e. The minimum atomic E-state index is -1.06. The van der Waals surface area contributed by atoms with Gasteiger partial charge in [0.05, 0.1) is 12.6 Å². The van der Waals surface area contributed by atoms with Crippen LogP contribution in [0.4, 0.5) is 0 Å². The van der Waals surface area contributed by atoms with Gasteiger partial charge in [0.2, 0.25) is 0 Å². The van der Waals surface area contributed by atoms with Crippen LogP contribution in [0.25, 0.3) is 0 Å². The molecule has 1 aromatic rings. The third-order valence-corrected chi connectivity index (χ3v) is 2.83. The average molecular weight is 281 g/mol. The molecule has 1 unspecified atom stereocenters. The van der Waals surface area contributed by atoms with Crippen LogP contribution in [0.2, 0.25) is 0 Å². The number of likely N-dealkylation sites (N-methyl/N-ethyl adjacent to an activating group) is 1. The van der Waals surface area contributed by atoms with E-state index in [1.54, 1.807) is 37.3 Å². The van der Waals surface area contributed by atoms with Crippen molar-refractivity contribution < 1.29 is 24.2 Å². The summed E-state index contributed by atoms with van der Waals surface area (Å²) in [6.07, 6.45) is 0. The van der Waals surface area contributed by atoms with Crippen molar-refractivity contribution in [1.82, 2.24) is 4.90 Å². The number of amides is 1. The van der Waals surface area contributed by atoms with E-state index in [9.17, 15) is 9.59 Å². The maximum absolute atomic E-state index is 12.2. The topological polar surface area (TPSA) is 76.1 Å². The standard InChI is InChI=1S/C14H19NO5/c1-10(8-19-3)15(2)14(18)11-5-4-6-12(7-11)20-9-13(16)17/h4-7,10H,8-9H2,1-3H3,(H,16,17). The van der Waals surface area contributed by atoms with Gasteiger partial charge < -0.3 is 19.5 Å². The molecular formula is C14H19NO5. The minimum absolute atomic E-state index is 0.0592. The fourth-order valence-electron chi connectivity index (χ4n) is 1.62. The highest BCUT2D eigenvalue weighted by Crippen LogP contribution is 2.15. The Morgan fingerprint density at radius 2 is 2.10 bits per heavy atom. The summed E-state index contributed by atoms with van der Waals surface area (Å²) in [5.74, 6) is -0.881. The summed E-state index contributed by atoms with van der Waals surface area (Å²) in [5.41, 5.74) is 0.443. The van der Waals surface area contributed by atoms with Gasteiger partial charge in [-0.25, -0.2) is 4.79 Å². The third-order valence-electron chi connectivity index (χ3n) is 2.83. The lowest BCUT2D eigenvalue weighted by Gasteiger charge is -2.24. The van der Waals surface area contributed by atoms with Gasteiger partial charge in [0, 0.05) is 19.7 Å². The van der Waals surface area contributed by atoms with Crippen LogP contribution in [-0.2, 0) is 9.53 Å². The van der Waals surface area contributed by atoms with Crippen LogP contribution in [0.3, 0.4) is 0 Å². The Hall–Kier alpha value is -2.08. The fourth-order valence-corrected chi connectivity index (χ4v) is 1.62. The highest BCUT2D eigenvalue weighted by molar-refractivity contribution is 5.94. The molecule has 0 aliphatic rings. The number of ether oxygens (including phenoxy) is 2. The number of hydrogen-bond donors (Lipinski definition) is 1. The number of carbonyl (C=O) groups excluding carboxylic acids is 1. The smallest absolute Gasteiger partial charge is 0.341 e. The number of aliphatic carboxylic acids is 1. The summed E-state index contributed by atoms with van der Waals surface area (Å²) < 4.78 is 10.1. The van der Waals surface area contributed by atoms with Crippen molar-refractivity contribution in [2.45, 2.75) is 13.0 Å². The maximum Gasteiger partial charge on any atom is 0.341 e. The van der Waals surface area contributed by atoms with Gasteiger partial charge in [-0.3, -0.25) is 4.79 Å². The Morgan fingerprint density at radius 3 is 2.70 bits per heavy atom. The van der Waals surface area contributed by atoms with Crippen LogP contribution in [0, 0.1) is 0 Å². The number of nitrogens with zero attached hydrogens (tertiary/aromatic N) is 1. The molecule has 0 spiro atoms. The van der Waals surface area contributed by atoms with E-state index in [-0.39, 0.29) is 11.9 Å². The Labute approximate surface area is 117 Å². The summed E-state index contributed by atoms with van der Waals surface area (Å²) >= 11 is 0. The highest BCUT2D eigenvalue weighted by Gasteiger charge is 2.17. The largest absolute Gasteiger partial charge is 0.482 e. The molecule has 1 atom stereocenters. The predicted octanol–water partition coefficient (Wildman–Crippen LogP) is 1.26. The van der Waals surface area contributed by atoms with E-state index in [2.05, 4.69) is 0 Å². The van der Waals surface area contributed by atoms with Gasteiger partial charge in [0.25, 0.3) is 5.91 Å². The summed E-state index contributed by atoms with van der Waals surface area (Å²) in [7, 11) is 3.27. The first-order valence-electron chi connectivity index (χ1n) is 6.16.